The van der Waals surface area contributed by atoms with Gasteiger partial charge in [0, 0.05) is 27.5 Å². The number of furan rings is 1. The van der Waals surface area contributed by atoms with Crippen LogP contribution >= 0.6 is 23.2 Å². The second-order valence-electron chi connectivity index (χ2n) is 7.14. The molecule has 5 nitrogen and oxygen atoms in total. The molecule has 0 unspecified atom stereocenters. The third-order valence-corrected chi connectivity index (χ3v) is 5.26. The summed E-state index contributed by atoms with van der Waals surface area (Å²) < 4.78 is 5.66. The molecule has 160 valence electrons. The van der Waals surface area contributed by atoms with Crippen molar-refractivity contribution in [3.63, 3.8) is 0 Å². The van der Waals surface area contributed by atoms with Crippen LogP contribution < -0.4 is 10.6 Å². The number of carbonyl (C=O) groups excluding carboxylic acids is 2. The lowest BCUT2D eigenvalue weighted by Crippen LogP contribution is -2.13. The highest BCUT2D eigenvalue weighted by Crippen LogP contribution is 2.31. The minimum Gasteiger partial charge on any atom is -0.451 e. The Kier molecular flexibility index (Phi) is 6.30. The molecule has 0 saturated carbocycles. The van der Waals surface area contributed by atoms with Gasteiger partial charge in [0.25, 0.3) is 11.8 Å². The van der Waals surface area contributed by atoms with Crippen LogP contribution in [0.2, 0.25) is 10.0 Å². The number of amides is 2. The van der Waals surface area contributed by atoms with Gasteiger partial charge in [-0.2, -0.15) is 0 Å². The molecule has 0 aliphatic carbocycles. The van der Waals surface area contributed by atoms with Gasteiger partial charge in [-0.3, -0.25) is 9.59 Å². The van der Waals surface area contributed by atoms with E-state index >= 15 is 0 Å². The van der Waals surface area contributed by atoms with Crippen LogP contribution in [0.4, 0.5) is 11.4 Å². The van der Waals surface area contributed by atoms with Gasteiger partial charge in [-0.1, -0.05) is 40.9 Å². The summed E-state index contributed by atoms with van der Waals surface area (Å²) in [7, 11) is 0. The van der Waals surface area contributed by atoms with Crippen molar-refractivity contribution in [2.24, 2.45) is 0 Å². The van der Waals surface area contributed by atoms with Gasteiger partial charge in [-0.05, 0) is 73.7 Å². The number of aryl methyl sites for hydroxylation is 1. The highest BCUT2D eigenvalue weighted by Gasteiger charge is 2.15. The zero-order valence-electron chi connectivity index (χ0n) is 17.0. The summed E-state index contributed by atoms with van der Waals surface area (Å²) in [5.41, 5.74) is 3.41. The monoisotopic (exact) mass is 464 g/mol. The maximum atomic E-state index is 12.5. The van der Waals surface area contributed by atoms with E-state index in [0.29, 0.717) is 38.3 Å². The van der Waals surface area contributed by atoms with E-state index in [0.717, 1.165) is 5.56 Å². The molecule has 0 aliphatic rings. The van der Waals surface area contributed by atoms with Crippen molar-refractivity contribution >= 4 is 46.4 Å². The number of hydrogen-bond acceptors (Lipinski definition) is 3. The van der Waals surface area contributed by atoms with Gasteiger partial charge in [0.2, 0.25) is 0 Å². The second-order valence-corrected chi connectivity index (χ2v) is 7.99. The number of rotatable bonds is 5. The van der Waals surface area contributed by atoms with Crippen LogP contribution in [0, 0.1) is 6.92 Å². The first kappa shape index (κ1) is 21.7. The van der Waals surface area contributed by atoms with E-state index in [9.17, 15) is 9.59 Å². The number of hydrogen-bond donors (Lipinski definition) is 2. The highest BCUT2D eigenvalue weighted by atomic mass is 35.5. The number of anilines is 2. The van der Waals surface area contributed by atoms with Crippen molar-refractivity contribution in [1.29, 1.82) is 0 Å². The lowest BCUT2D eigenvalue weighted by atomic mass is 10.1. The van der Waals surface area contributed by atoms with Crippen LogP contribution in [-0.2, 0) is 0 Å². The Morgan fingerprint density at radius 3 is 2.12 bits per heavy atom. The molecule has 1 aromatic heterocycles. The summed E-state index contributed by atoms with van der Waals surface area (Å²) in [6, 6.07) is 22.5. The molecule has 1 heterocycles. The maximum Gasteiger partial charge on any atom is 0.291 e. The van der Waals surface area contributed by atoms with E-state index in [1.165, 1.54) is 0 Å². The van der Waals surface area contributed by atoms with E-state index in [1.54, 1.807) is 60.7 Å². The Morgan fingerprint density at radius 2 is 1.47 bits per heavy atom. The van der Waals surface area contributed by atoms with E-state index in [1.807, 2.05) is 25.1 Å². The summed E-state index contributed by atoms with van der Waals surface area (Å²) in [5, 5.41) is 6.55. The minimum atomic E-state index is -0.405. The minimum absolute atomic E-state index is 0.142. The van der Waals surface area contributed by atoms with Crippen molar-refractivity contribution in [2.75, 3.05) is 10.6 Å². The Bertz CT molecular complexity index is 1300. The molecule has 0 fully saturated rings. The zero-order chi connectivity index (χ0) is 22.7. The van der Waals surface area contributed by atoms with Crippen molar-refractivity contribution < 1.29 is 14.0 Å². The third-order valence-electron chi connectivity index (χ3n) is 4.71. The Hall–Kier alpha value is -3.54. The molecule has 2 N–H and O–H groups in total. The van der Waals surface area contributed by atoms with Crippen molar-refractivity contribution in [1.82, 2.24) is 0 Å². The van der Waals surface area contributed by atoms with Gasteiger partial charge in [-0.25, -0.2) is 0 Å². The van der Waals surface area contributed by atoms with Crippen molar-refractivity contribution in [2.45, 2.75) is 6.92 Å². The van der Waals surface area contributed by atoms with Crippen LogP contribution in [0.1, 0.15) is 26.5 Å². The zero-order valence-corrected chi connectivity index (χ0v) is 18.5. The van der Waals surface area contributed by atoms with E-state index in [-0.39, 0.29) is 11.7 Å². The Morgan fingerprint density at radius 1 is 0.781 bits per heavy atom. The number of nitrogens with one attached hydrogen (secondary N) is 2. The molecule has 0 saturated heterocycles. The van der Waals surface area contributed by atoms with Gasteiger partial charge in [-0.15, -0.1) is 0 Å². The Balaban J connectivity index is 1.41. The molecule has 0 aliphatic heterocycles. The quantitative estimate of drug-likeness (QED) is 0.331. The number of benzene rings is 3. The summed E-state index contributed by atoms with van der Waals surface area (Å²) in [4.78, 5) is 24.9. The molecule has 0 atom stereocenters. The maximum absolute atomic E-state index is 12.5. The summed E-state index contributed by atoms with van der Waals surface area (Å²) in [5.74, 6) is 0.00112. The molecule has 0 radical (unpaired) electrons. The first-order valence-electron chi connectivity index (χ1n) is 9.74. The second kappa shape index (κ2) is 9.30. The van der Waals surface area contributed by atoms with Gasteiger partial charge in [0.05, 0.1) is 5.02 Å². The molecule has 7 heteroatoms. The lowest BCUT2D eigenvalue weighted by Gasteiger charge is -2.08. The average molecular weight is 465 g/mol. The third kappa shape index (κ3) is 5.02. The van der Waals surface area contributed by atoms with Crippen molar-refractivity contribution in [3.05, 3.63) is 106 Å². The fraction of sp³-hybridized carbons (Fsp3) is 0.0400. The summed E-state index contributed by atoms with van der Waals surface area (Å²) in [6.45, 7) is 1.93. The Labute approximate surface area is 195 Å². The molecule has 2 amide bonds. The summed E-state index contributed by atoms with van der Waals surface area (Å²) in [6.07, 6.45) is 0. The molecular formula is C25H18Cl2N2O3. The SMILES string of the molecule is Cc1cccc(C(=O)Nc2ccc(NC(=O)c3ccc(-c4ccc(Cl)cc4Cl)o3)cc2)c1. The van der Waals surface area contributed by atoms with Gasteiger partial charge >= 0.3 is 0 Å². The van der Waals surface area contributed by atoms with Gasteiger partial charge < -0.3 is 15.1 Å². The van der Waals surface area contributed by atoms with Crippen LogP contribution in [0.5, 0.6) is 0 Å². The van der Waals surface area contributed by atoms with E-state index in [2.05, 4.69) is 10.6 Å². The smallest absolute Gasteiger partial charge is 0.291 e. The van der Waals surface area contributed by atoms with Crippen LogP contribution in [0.25, 0.3) is 11.3 Å². The van der Waals surface area contributed by atoms with Gasteiger partial charge in [0.15, 0.2) is 5.76 Å². The topological polar surface area (TPSA) is 71.3 Å². The predicted molar refractivity (Wildman–Crippen MR) is 128 cm³/mol. The predicted octanol–water partition coefficient (Wildman–Crippen LogP) is 7.07. The number of carbonyl (C=O) groups is 2. The van der Waals surface area contributed by atoms with Crippen LogP contribution in [-0.4, -0.2) is 11.8 Å². The molecule has 32 heavy (non-hydrogen) atoms. The molecule has 0 bridgehead atoms. The van der Waals surface area contributed by atoms with E-state index in [4.69, 9.17) is 27.6 Å². The van der Waals surface area contributed by atoms with Crippen LogP contribution in [0.15, 0.2) is 83.3 Å². The van der Waals surface area contributed by atoms with Gasteiger partial charge in [0.1, 0.15) is 5.76 Å². The van der Waals surface area contributed by atoms with Crippen molar-refractivity contribution in [3.8, 4) is 11.3 Å². The standard InChI is InChI=1S/C25H18Cl2N2O3/c1-15-3-2-4-16(13-15)24(30)28-18-6-8-19(9-7-18)29-25(31)23-12-11-22(32-23)20-10-5-17(26)14-21(20)27/h2-14H,1H3,(H,28,30)(H,29,31). The fourth-order valence-electron chi connectivity index (χ4n) is 3.11. The molecule has 0 spiro atoms. The lowest BCUT2D eigenvalue weighted by molar-refractivity contribution is 0.0995. The first-order chi connectivity index (χ1) is 15.4. The normalized spacial score (nSPS) is 10.6. The highest BCUT2D eigenvalue weighted by molar-refractivity contribution is 6.36. The molecule has 4 rings (SSSR count). The largest absolute Gasteiger partial charge is 0.451 e. The molecule has 4 aromatic rings. The fourth-order valence-corrected chi connectivity index (χ4v) is 3.61. The first-order valence-corrected chi connectivity index (χ1v) is 10.5. The van der Waals surface area contributed by atoms with E-state index < -0.39 is 5.91 Å². The molecular weight excluding hydrogens is 447 g/mol. The van der Waals surface area contributed by atoms with Crippen LogP contribution in [0.3, 0.4) is 0 Å². The average Bonchev–Trinajstić information content (AvgIpc) is 3.25. The number of halogens is 2. The molecule has 3 aromatic carbocycles. The summed E-state index contributed by atoms with van der Waals surface area (Å²) >= 11 is 12.1.